The van der Waals surface area contributed by atoms with E-state index in [0.717, 1.165) is 11.5 Å². The van der Waals surface area contributed by atoms with Crippen LogP contribution in [0.1, 0.15) is 27.7 Å². The van der Waals surface area contributed by atoms with Crippen molar-refractivity contribution in [1.82, 2.24) is 0 Å². The standard InChI is InChI=1S/C20H42O6S2/c1-17(2)11-25-13-19(21)15-27-9-7-23-5-6-24-8-10-28-16-20(22)14-26-12-18(3)4/h17-22H,5-16H2,1-4H3. The van der Waals surface area contributed by atoms with Crippen molar-refractivity contribution in [3.63, 3.8) is 0 Å². The summed E-state index contributed by atoms with van der Waals surface area (Å²) in [6.07, 6.45) is -0.824. The lowest BCUT2D eigenvalue weighted by atomic mass is 10.2. The van der Waals surface area contributed by atoms with Gasteiger partial charge in [-0.15, -0.1) is 0 Å². The van der Waals surface area contributed by atoms with E-state index < -0.39 is 12.2 Å². The molecule has 0 amide bonds. The van der Waals surface area contributed by atoms with Crippen LogP contribution in [0.15, 0.2) is 0 Å². The number of rotatable bonds is 21. The molecule has 0 saturated heterocycles. The van der Waals surface area contributed by atoms with Crippen molar-refractivity contribution in [3.05, 3.63) is 0 Å². The first kappa shape index (κ1) is 28.5. The SMILES string of the molecule is CC(C)COCC(O)CSCCOCCOCCSCC(O)COCC(C)C. The van der Waals surface area contributed by atoms with Gasteiger partial charge >= 0.3 is 0 Å². The molecule has 0 fully saturated rings. The lowest BCUT2D eigenvalue weighted by Gasteiger charge is -2.12. The number of ether oxygens (including phenoxy) is 4. The molecule has 6 nitrogen and oxygen atoms in total. The Balaban J connectivity index is 3.21. The van der Waals surface area contributed by atoms with Crippen LogP contribution >= 0.6 is 23.5 Å². The molecule has 0 rings (SSSR count). The van der Waals surface area contributed by atoms with Crippen LogP contribution in [0.5, 0.6) is 0 Å². The second-order valence-corrected chi connectivity index (χ2v) is 9.84. The molecule has 2 unspecified atom stereocenters. The third kappa shape index (κ3) is 22.7. The molecule has 0 aliphatic heterocycles. The van der Waals surface area contributed by atoms with Gasteiger partial charge in [-0.2, -0.15) is 23.5 Å². The van der Waals surface area contributed by atoms with Crippen LogP contribution in [0.3, 0.4) is 0 Å². The topological polar surface area (TPSA) is 77.4 Å². The highest BCUT2D eigenvalue weighted by Gasteiger charge is 2.06. The van der Waals surface area contributed by atoms with Gasteiger partial charge in [-0.05, 0) is 11.8 Å². The first-order chi connectivity index (χ1) is 13.4. The van der Waals surface area contributed by atoms with Crippen molar-refractivity contribution in [2.75, 3.05) is 75.9 Å². The average Bonchev–Trinajstić information content (AvgIpc) is 2.62. The molecule has 0 aliphatic carbocycles. The highest BCUT2D eigenvalue weighted by Crippen LogP contribution is 2.05. The maximum absolute atomic E-state index is 9.77. The molecule has 0 aromatic rings. The normalized spacial score (nSPS) is 14.1. The van der Waals surface area contributed by atoms with Crippen LogP contribution in [0.4, 0.5) is 0 Å². The van der Waals surface area contributed by atoms with E-state index in [0.29, 0.717) is 76.2 Å². The molecule has 0 spiro atoms. The molecule has 2 N–H and O–H groups in total. The molecule has 0 saturated carbocycles. The van der Waals surface area contributed by atoms with Crippen molar-refractivity contribution in [3.8, 4) is 0 Å². The van der Waals surface area contributed by atoms with E-state index >= 15 is 0 Å². The first-order valence-corrected chi connectivity index (χ1v) is 12.5. The van der Waals surface area contributed by atoms with Crippen LogP contribution < -0.4 is 0 Å². The van der Waals surface area contributed by atoms with Crippen LogP contribution in [0.2, 0.25) is 0 Å². The first-order valence-electron chi connectivity index (χ1n) is 10.2. The second-order valence-electron chi connectivity index (χ2n) is 7.54. The summed E-state index contributed by atoms with van der Waals surface area (Å²) in [6, 6.07) is 0. The van der Waals surface area contributed by atoms with E-state index in [4.69, 9.17) is 18.9 Å². The van der Waals surface area contributed by atoms with Gasteiger partial charge in [0.25, 0.3) is 0 Å². The quantitative estimate of drug-likeness (QED) is 0.263. The van der Waals surface area contributed by atoms with Crippen molar-refractivity contribution in [2.24, 2.45) is 11.8 Å². The Morgan fingerprint density at radius 2 is 0.964 bits per heavy atom. The van der Waals surface area contributed by atoms with E-state index in [9.17, 15) is 10.2 Å². The molecule has 8 heteroatoms. The van der Waals surface area contributed by atoms with Crippen molar-refractivity contribution >= 4 is 23.5 Å². The van der Waals surface area contributed by atoms with Gasteiger partial charge in [0.1, 0.15) is 0 Å². The zero-order valence-electron chi connectivity index (χ0n) is 18.1. The van der Waals surface area contributed by atoms with E-state index in [2.05, 4.69) is 27.7 Å². The Bertz CT molecular complexity index is 291. The third-order valence-electron chi connectivity index (χ3n) is 3.26. The zero-order valence-corrected chi connectivity index (χ0v) is 19.8. The number of hydrogen-bond donors (Lipinski definition) is 2. The van der Waals surface area contributed by atoms with Crippen LogP contribution in [-0.4, -0.2) is 98.3 Å². The molecule has 0 radical (unpaired) electrons. The minimum Gasteiger partial charge on any atom is -0.390 e. The van der Waals surface area contributed by atoms with Crippen molar-refractivity contribution in [2.45, 2.75) is 39.9 Å². The maximum atomic E-state index is 9.77. The molecule has 0 aromatic heterocycles. The van der Waals surface area contributed by atoms with Crippen molar-refractivity contribution in [1.29, 1.82) is 0 Å². The Kier molecular flexibility index (Phi) is 21.1. The predicted octanol–water partition coefficient (Wildman–Crippen LogP) is 2.55. The Morgan fingerprint density at radius 3 is 1.32 bits per heavy atom. The van der Waals surface area contributed by atoms with Gasteiger partial charge in [0.05, 0.1) is 51.8 Å². The van der Waals surface area contributed by atoms with Crippen LogP contribution in [-0.2, 0) is 18.9 Å². The highest BCUT2D eigenvalue weighted by molar-refractivity contribution is 7.99. The molecule has 170 valence electrons. The Hall–Kier alpha value is 0.460. The fraction of sp³-hybridized carbons (Fsp3) is 1.00. The van der Waals surface area contributed by atoms with Gasteiger partial charge in [-0.25, -0.2) is 0 Å². The van der Waals surface area contributed by atoms with E-state index in [-0.39, 0.29) is 0 Å². The van der Waals surface area contributed by atoms with Gasteiger partial charge in [-0.3, -0.25) is 0 Å². The largest absolute Gasteiger partial charge is 0.390 e. The molecule has 0 aromatic carbocycles. The highest BCUT2D eigenvalue weighted by atomic mass is 32.2. The summed E-state index contributed by atoms with van der Waals surface area (Å²) in [5.41, 5.74) is 0. The van der Waals surface area contributed by atoms with E-state index in [1.807, 2.05) is 0 Å². The van der Waals surface area contributed by atoms with Crippen molar-refractivity contribution < 1.29 is 29.2 Å². The zero-order chi connectivity index (χ0) is 21.0. The lowest BCUT2D eigenvalue weighted by molar-refractivity contribution is 0.0362. The maximum Gasteiger partial charge on any atom is 0.0863 e. The van der Waals surface area contributed by atoms with Gasteiger partial charge in [0, 0.05) is 36.2 Å². The lowest BCUT2D eigenvalue weighted by Crippen LogP contribution is -2.20. The van der Waals surface area contributed by atoms with Gasteiger partial charge < -0.3 is 29.2 Å². The molecular formula is C20H42O6S2. The van der Waals surface area contributed by atoms with Crippen LogP contribution in [0.25, 0.3) is 0 Å². The molecule has 28 heavy (non-hydrogen) atoms. The second kappa shape index (κ2) is 20.7. The average molecular weight is 443 g/mol. The minimum absolute atomic E-state index is 0.403. The summed E-state index contributed by atoms with van der Waals surface area (Å²) in [4.78, 5) is 0. The molecule has 2 atom stereocenters. The predicted molar refractivity (Wildman–Crippen MR) is 120 cm³/mol. The number of aliphatic hydroxyl groups is 2. The summed E-state index contributed by atoms with van der Waals surface area (Å²) in [6.45, 7) is 13.0. The summed E-state index contributed by atoms with van der Waals surface area (Å²) in [5, 5.41) is 19.5. The fourth-order valence-corrected chi connectivity index (χ4v) is 3.51. The molecule has 0 bridgehead atoms. The number of hydrogen-bond acceptors (Lipinski definition) is 8. The monoisotopic (exact) mass is 442 g/mol. The van der Waals surface area contributed by atoms with Gasteiger partial charge in [0.2, 0.25) is 0 Å². The molecular weight excluding hydrogens is 400 g/mol. The summed E-state index contributed by atoms with van der Waals surface area (Å²) >= 11 is 3.34. The molecule has 0 heterocycles. The Labute approximate surface area is 180 Å². The molecule has 0 aliphatic rings. The van der Waals surface area contributed by atoms with E-state index in [1.54, 1.807) is 23.5 Å². The van der Waals surface area contributed by atoms with E-state index in [1.165, 1.54) is 0 Å². The van der Waals surface area contributed by atoms with Crippen LogP contribution in [0, 0.1) is 11.8 Å². The minimum atomic E-state index is -0.412. The Morgan fingerprint density at radius 1 is 0.571 bits per heavy atom. The van der Waals surface area contributed by atoms with Gasteiger partial charge in [-0.1, -0.05) is 27.7 Å². The number of aliphatic hydroxyl groups excluding tert-OH is 2. The smallest absolute Gasteiger partial charge is 0.0863 e. The summed E-state index contributed by atoms with van der Waals surface area (Å²) < 4.78 is 21.9. The summed E-state index contributed by atoms with van der Waals surface area (Å²) in [5.74, 6) is 4.04. The third-order valence-corrected chi connectivity index (χ3v) is 5.41. The fourth-order valence-electron chi connectivity index (χ4n) is 1.97. The van der Waals surface area contributed by atoms with Gasteiger partial charge in [0.15, 0.2) is 0 Å². The number of thioether (sulfide) groups is 2. The summed E-state index contributed by atoms with van der Waals surface area (Å²) in [7, 11) is 0.